The maximum Gasteiger partial charge on any atom is 0.242 e. The van der Waals surface area contributed by atoms with Crippen molar-refractivity contribution in [1.29, 1.82) is 0 Å². The van der Waals surface area contributed by atoms with Crippen LogP contribution in [0.2, 0.25) is 0 Å². The maximum absolute atomic E-state index is 12.5. The van der Waals surface area contributed by atoms with Gasteiger partial charge in [0.05, 0.1) is 6.42 Å². The molecule has 0 spiro atoms. The molecule has 0 radical (unpaired) electrons. The Morgan fingerprint density at radius 1 is 1.07 bits per heavy atom. The fourth-order valence-corrected chi connectivity index (χ4v) is 4.00. The van der Waals surface area contributed by atoms with Crippen LogP contribution in [-0.2, 0) is 27.3 Å². The summed E-state index contributed by atoms with van der Waals surface area (Å²) in [5.74, 6) is -0.296. The van der Waals surface area contributed by atoms with Crippen molar-refractivity contribution in [3.8, 4) is 0 Å². The number of rotatable bonds is 8. The Balaban J connectivity index is 1.39. The molecule has 3 rings (SSSR count). The topological polar surface area (TPSA) is 78.5 Å². The summed E-state index contributed by atoms with van der Waals surface area (Å²) in [7, 11) is 0. The number of nitrogens with zero attached hydrogens (tertiary/aromatic N) is 1. The summed E-state index contributed by atoms with van der Waals surface area (Å²) in [5.41, 5.74) is 1.03. The van der Waals surface area contributed by atoms with E-state index in [2.05, 4.69) is 10.6 Å². The van der Waals surface area contributed by atoms with Gasteiger partial charge in [-0.3, -0.25) is 14.4 Å². The molecule has 28 heavy (non-hydrogen) atoms. The van der Waals surface area contributed by atoms with Gasteiger partial charge >= 0.3 is 0 Å². The molecule has 1 unspecified atom stereocenters. The Morgan fingerprint density at radius 3 is 2.64 bits per heavy atom. The normalized spacial score (nSPS) is 16.0. The van der Waals surface area contributed by atoms with Crippen molar-refractivity contribution < 1.29 is 14.4 Å². The first-order valence-electron chi connectivity index (χ1n) is 9.53. The minimum Gasteiger partial charge on any atom is -0.354 e. The fraction of sp³-hybridized carbons (Fsp3) is 0.381. The van der Waals surface area contributed by atoms with Gasteiger partial charge in [0.1, 0.15) is 6.04 Å². The average Bonchev–Trinajstić information content (AvgIpc) is 3.39. The minimum absolute atomic E-state index is 0.0132. The van der Waals surface area contributed by atoms with Crippen LogP contribution < -0.4 is 10.6 Å². The van der Waals surface area contributed by atoms with Crippen LogP contribution in [0, 0.1) is 0 Å². The van der Waals surface area contributed by atoms with Gasteiger partial charge < -0.3 is 15.5 Å². The summed E-state index contributed by atoms with van der Waals surface area (Å²) in [5, 5.41) is 7.59. The van der Waals surface area contributed by atoms with Crippen LogP contribution in [0.25, 0.3) is 0 Å². The van der Waals surface area contributed by atoms with Crippen LogP contribution in [0.5, 0.6) is 0 Å². The van der Waals surface area contributed by atoms with E-state index in [1.807, 2.05) is 47.8 Å². The van der Waals surface area contributed by atoms with Gasteiger partial charge in [0.25, 0.3) is 0 Å². The molecule has 0 bridgehead atoms. The second-order valence-electron chi connectivity index (χ2n) is 6.80. The van der Waals surface area contributed by atoms with E-state index in [0.717, 1.165) is 16.9 Å². The molecule has 3 amide bonds. The molecule has 7 heteroatoms. The van der Waals surface area contributed by atoms with Gasteiger partial charge in [0.15, 0.2) is 0 Å². The molecule has 6 nitrogen and oxygen atoms in total. The summed E-state index contributed by atoms with van der Waals surface area (Å²) in [6.07, 6.45) is 2.05. The third-order valence-electron chi connectivity index (χ3n) is 4.77. The zero-order valence-electron chi connectivity index (χ0n) is 15.7. The van der Waals surface area contributed by atoms with Gasteiger partial charge in [-0.1, -0.05) is 36.4 Å². The standard InChI is InChI=1S/C21H25N3O3S/c25-19(23-15-16-6-2-1-3-7-16)10-11-22-21(27)18-9-4-12-24(18)20(26)14-17-8-5-13-28-17/h1-3,5-8,13,18H,4,9-12,14-15H2,(H,22,27)(H,23,25). The zero-order chi connectivity index (χ0) is 19.8. The molecule has 148 valence electrons. The number of carbonyl (C=O) groups is 3. The van der Waals surface area contributed by atoms with Crippen LogP contribution in [0.1, 0.15) is 29.7 Å². The molecule has 0 saturated carbocycles. The van der Waals surface area contributed by atoms with Crippen LogP contribution >= 0.6 is 11.3 Å². The monoisotopic (exact) mass is 399 g/mol. The summed E-state index contributed by atoms with van der Waals surface area (Å²) in [4.78, 5) is 39.6. The van der Waals surface area contributed by atoms with Gasteiger partial charge in [-0.05, 0) is 29.9 Å². The van der Waals surface area contributed by atoms with Crippen molar-refractivity contribution in [2.75, 3.05) is 13.1 Å². The van der Waals surface area contributed by atoms with Crippen molar-refractivity contribution in [2.24, 2.45) is 0 Å². The molecular formula is C21H25N3O3S. The molecule has 0 aliphatic carbocycles. The lowest BCUT2D eigenvalue weighted by Gasteiger charge is -2.23. The van der Waals surface area contributed by atoms with E-state index in [9.17, 15) is 14.4 Å². The highest BCUT2D eigenvalue weighted by atomic mass is 32.1. The lowest BCUT2D eigenvalue weighted by molar-refractivity contribution is -0.138. The van der Waals surface area contributed by atoms with E-state index in [0.29, 0.717) is 25.9 Å². The van der Waals surface area contributed by atoms with E-state index in [1.54, 1.807) is 16.2 Å². The van der Waals surface area contributed by atoms with Gasteiger partial charge in [0, 0.05) is 30.9 Å². The van der Waals surface area contributed by atoms with Crippen molar-refractivity contribution in [2.45, 2.75) is 38.3 Å². The van der Waals surface area contributed by atoms with Gasteiger partial charge in [-0.25, -0.2) is 0 Å². The van der Waals surface area contributed by atoms with Crippen molar-refractivity contribution >= 4 is 29.1 Å². The zero-order valence-corrected chi connectivity index (χ0v) is 16.5. The molecular weight excluding hydrogens is 374 g/mol. The van der Waals surface area contributed by atoms with Crippen LogP contribution in [0.3, 0.4) is 0 Å². The summed E-state index contributed by atoms with van der Waals surface area (Å²) in [6, 6.07) is 13.1. The van der Waals surface area contributed by atoms with Crippen LogP contribution in [0.4, 0.5) is 0 Å². The molecule has 1 aliphatic heterocycles. The number of hydrogen-bond donors (Lipinski definition) is 2. The molecule has 1 aliphatic rings. The molecule has 2 heterocycles. The Morgan fingerprint density at radius 2 is 1.89 bits per heavy atom. The first-order chi connectivity index (χ1) is 13.6. The summed E-state index contributed by atoms with van der Waals surface area (Å²) in [6.45, 7) is 1.35. The number of hydrogen-bond acceptors (Lipinski definition) is 4. The average molecular weight is 400 g/mol. The third kappa shape index (κ3) is 5.66. The predicted molar refractivity (Wildman–Crippen MR) is 109 cm³/mol. The van der Waals surface area contributed by atoms with E-state index in [4.69, 9.17) is 0 Å². The molecule has 1 aromatic carbocycles. The smallest absolute Gasteiger partial charge is 0.242 e. The van der Waals surface area contributed by atoms with Crippen molar-refractivity contribution in [3.05, 3.63) is 58.3 Å². The number of likely N-dealkylation sites (tertiary alicyclic amines) is 1. The molecule has 1 fully saturated rings. The molecule has 2 aromatic rings. The number of nitrogens with one attached hydrogen (secondary N) is 2. The fourth-order valence-electron chi connectivity index (χ4n) is 3.30. The van der Waals surface area contributed by atoms with Crippen molar-refractivity contribution in [3.63, 3.8) is 0 Å². The first kappa shape index (κ1) is 20.1. The number of carbonyl (C=O) groups excluding carboxylic acids is 3. The Kier molecular flexibility index (Phi) is 7.19. The first-order valence-corrected chi connectivity index (χ1v) is 10.4. The lowest BCUT2D eigenvalue weighted by Crippen LogP contribution is -2.47. The number of amides is 3. The predicted octanol–water partition coefficient (Wildman–Crippen LogP) is 2.10. The summed E-state index contributed by atoms with van der Waals surface area (Å²) >= 11 is 1.55. The van der Waals surface area contributed by atoms with E-state index >= 15 is 0 Å². The Hall–Kier alpha value is -2.67. The molecule has 1 saturated heterocycles. The Bertz CT molecular complexity index is 792. The highest BCUT2D eigenvalue weighted by molar-refractivity contribution is 7.10. The van der Waals surface area contributed by atoms with Gasteiger partial charge in [-0.15, -0.1) is 11.3 Å². The summed E-state index contributed by atoms with van der Waals surface area (Å²) < 4.78 is 0. The highest BCUT2D eigenvalue weighted by Gasteiger charge is 2.33. The van der Waals surface area contributed by atoms with Gasteiger partial charge in [-0.2, -0.15) is 0 Å². The molecule has 1 aromatic heterocycles. The molecule has 1 atom stereocenters. The van der Waals surface area contributed by atoms with Crippen molar-refractivity contribution in [1.82, 2.24) is 15.5 Å². The van der Waals surface area contributed by atoms with E-state index in [-0.39, 0.29) is 30.7 Å². The highest BCUT2D eigenvalue weighted by Crippen LogP contribution is 2.20. The Labute approximate surface area is 168 Å². The number of thiophene rings is 1. The third-order valence-corrected chi connectivity index (χ3v) is 5.64. The second kappa shape index (κ2) is 10.0. The SMILES string of the molecule is O=C(CCNC(=O)C1CCCN1C(=O)Cc1cccs1)NCc1ccccc1. The van der Waals surface area contributed by atoms with E-state index < -0.39 is 6.04 Å². The lowest BCUT2D eigenvalue weighted by atomic mass is 10.2. The minimum atomic E-state index is -0.431. The van der Waals surface area contributed by atoms with E-state index in [1.165, 1.54) is 0 Å². The molecule has 2 N–H and O–H groups in total. The largest absolute Gasteiger partial charge is 0.354 e. The maximum atomic E-state index is 12.5. The number of benzene rings is 1. The van der Waals surface area contributed by atoms with Crippen LogP contribution in [-0.4, -0.2) is 41.8 Å². The quantitative estimate of drug-likeness (QED) is 0.714. The van der Waals surface area contributed by atoms with Crippen LogP contribution in [0.15, 0.2) is 47.8 Å². The second-order valence-corrected chi connectivity index (χ2v) is 7.84. The van der Waals surface area contributed by atoms with Gasteiger partial charge in [0.2, 0.25) is 17.7 Å².